The van der Waals surface area contributed by atoms with Gasteiger partial charge in [-0.25, -0.2) is 12.7 Å². The van der Waals surface area contributed by atoms with Crippen molar-refractivity contribution in [3.05, 3.63) is 59.2 Å². The van der Waals surface area contributed by atoms with Crippen molar-refractivity contribution in [2.24, 2.45) is 0 Å². The van der Waals surface area contributed by atoms with Crippen molar-refractivity contribution in [2.45, 2.75) is 18.7 Å². The van der Waals surface area contributed by atoms with Crippen molar-refractivity contribution in [1.29, 1.82) is 0 Å². The first-order valence-corrected chi connectivity index (χ1v) is 8.57. The highest BCUT2D eigenvalue weighted by Gasteiger charge is 2.17. The van der Waals surface area contributed by atoms with Crippen LogP contribution in [0.5, 0.6) is 0 Å². The zero-order valence-electron chi connectivity index (χ0n) is 13.6. The fourth-order valence-electron chi connectivity index (χ4n) is 2.10. The van der Waals surface area contributed by atoms with Gasteiger partial charge in [0.05, 0.1) is 4.90 Å². The second-order valence-corrected chi connectivity index (χ2v) is 7.74. The number of carbonyl (C=O) groups is 1. The van der Waals surface area contributed by atoms with E-state index in [4.69, 9.17) is 0 Å². The van der Waals surface area contributed by atoms with E-state index >= 15 is 0 Å². The molecule has 0 atom stereocenters. The van der Waals surface area contributed by atoms with E-state index in [1.165, 1.54) is 26.2 Å². The Kier molecular flexibility index (Phi) is 4.87. The van der Waals surface area contributed by atoms with E-state index < -0.39 is 10.0 Å². The summed E-state index contributed by atoms with van der Waals surface area (Å²) >= 11 is 0. The minimum atomic E-state index is -3.47. The molecule has 0 bridgehead atoms. The molecule has 0 saturated carbocycles. The Morgan fingerprint density at radius 2 is 1.61 bits per heavy atom. The number of rotatable bonds is 4. The van der Waals surface area contributed by atoms with E-state index in [0.29, 0.717) is 11.3 Å². The molecule has 0 aliphatic rings. The Bertz CT molecular complexity index is 825. The number of nitrogens with one attached hydrogen (secondary N) is 1. The zero-order valence-corrected chi connectivity index (χ0v) is 14.4. The smallest absolute Gasteiger partial charge is 0.255 e. The monoisotopic (exact) mass is 332 g/mol. The third kappa shape index (κ3) is 3.78. The van der Waals surface area contributed by atoms with Crippen LogP contribution in [-0.2, 0) is 10.0 Å². The van der Waals surface area contributed by atoms with E-state index in [2.05, 4.69) is 5.32 Å². The molecule has 1 N–H and O–H groups in total. The van der Waals surface area contributed by atoms with Gasteiger partial charge in [0.1, 0.15) is 0 Å². The third-order valence-electron chi connectivity index (χ3n) is 3.53. The number of benzene rings is 2. The van der Waals surface area contributed by atoms with E-state index in [-0.39, 0.29) is 10.8 Å². The maximum atomic E-state index is 12.3. The van der Waals surface area contributed by atoms with Crippen LogP contribution >= 0.6 is 0 Å². The third-order valence-corrected chi connectivity index (χ3v) is 5.36. The summed E-state index contributed by atoms with van der Waals surface area (Å²) in [6, 6.07) is 11.8. The topological polar surface area (TPSA) is 66.5 Å². The summed E-state index contributed by atoms with van der Waals surface area (Å²) in [4.78, 5) is 12.5. The Morgan fingerprint density at radius 3 is 2.17 bits per heavy atom. The molecule has 2 aromatic rings. The summed E-state index contributed by atoms with van der Waals surface area (Å²) in [5.41, 5.74) is 3.05. The fourth-order valence-corrected chi connectivity index (χ4v) is 3.00. The van der Waals surface area contributed by atoms with E-state index in [0.717, 1.165) is 15.4 Å². The summed E-state index contributed by atoms with van der Waals surface area (Å²) in [6.45, 7) is 3.80. The number of carbonyl (C=O) groups excluding carboxylic acids is 1. The second-order valence-electron chi connectivity index (χ2n) is 5.58. The van der Waals surface area contributed by atoms with E-state index in [9.17, 15) is 13.2 Å². The molecular weight excluding hydrogens is 312 g/mol. The minimum Gasteiger partial charge on any atom is -0.322 e. The SMILES string of the molecule is Cc1ccc(C)c(C(=O)Nc2ccc(S(=O)(=O)N(C)C)cc2)c1. The van der Waals surface area contributed by atoms with Crippen LogP contribution in [0.25, 0.3) is 0 Å². The molecule has 2 aromatic carbocycles. The number of anilines is 1. The molecule has 6 heteroatoms. The van der Waals surface area contributed by atoms with Gasteiger partial charge in [-0.3, -0.25) is 4.79 Å². The maximum Gasteiger partial charge on any atom is 0.255 e. The Balaban J connectivity index is 2.21. The van der Waals surface area contributed by atoms with Gasteiger partial charge in [-0.15, -0.1) is 0 Å². The number of aryl methyl sites for hydroxylation is 2. The van der Waals surface area contributed by atoms with Crippen LogP contribution in [-0.4, -0.2) is 32.7 Å². The van der Waals surface area contributed by atoms with Gasteiger partial charge in [0.2, 0.25) is 10.0 Å². The van der Waals surface area contributed by atoms with Crippen LogP contribution in [0, 0.1) is 13.8 Å². The Morgan fingerprint density at radius 1 is 1.00 bits per heavy atom. The van der Waals surface area contributed by atoms with Crippen LogP contribution in [0.3, 0.4) is 0 Å². The van der Waals surface area contributed by atoms with Crippen LogP contribution < -0.4 is 5.32 Å². The molecular formula is C17H20N2O3S. The lowest BCUT2D eigenvalue weighted by Crippen LogP contribution is -2.22. The lowest BCUT2D eigenvalue weighted by Gasteiger charge is -2.12. The normalized spacial score (nSPS) is 11.5. The van der Waals surface area contributed by atoms with Crippen LogP contribution in [0.15, 0.2) is 47.4 Å². The standard InChI is InChI=1S/C17H20N2O3S/c1-12-5-6-13(2)16(11-12)17(20)18-14-7-9-15(10-8-14)23(21,22)19(3)4/h5-11H,1-4H3,(H,18,20). The van der Waals surface area contributed by atoms with Gasteiger partial charge in [0, 0.05) is 25.3 Å². The number of hydrogen-bond acceptors (Lipinski definition) is 3. The number of hydrogen-bond donors (Lipinski definition) is 1. The summed E-state index contributed by atoms with van der Waals surface area (Å²) < 4.78 is 25.2. The molecule has 0 heterocycles. The number of sulfonamides is 1. The Labute approximate surface area is 137 Å². The van der Waals surface area contributed by atoms with Gasteiger partial charge >= 0.3 is 0 Å². The highest BCUT2D eigenvalue weighted by Crippen LogP contribution is 2.18. The van der Waals surface area contributed by atoms with Gasteiger partial charge in [-0.1, -0.05) is 17.7 Å². The average Bonchev–Trinajstić information content (AvgIpc) is 2.50. The Hall–Kier alpha value is -2.18. The average molecular weight is 332 g/mol. The predicted octanol–water partition coefficient (Wildman–Crippen LogP) is 2.81. The lowest BCUT2D eigenvalue weighted by molar-refractivity contribution is 0.102. The molecule has 0 saturated heterocycles. The lowest BCUT2D eigenvalue weighted by atomic mass is 10.1. The van der Waals surface area contributed by atoms with Gasteiger partial charge in [-0.2, -0.15) is 0 Å². The molecule has 0 unspecified atom stereocenters. The summed E-state index contributed by atoms with van der Waals surface area (Å²) in [7, 11) is -0.511. The molecule has 0 aromatic heterocycles. The van der Waals surface area contributed by atoms with E-state index in [1.807, 2.05) is 32.0 Å². The molecule has 5 nitrogen and oxygen atoms in total. The molecule has 0 spiro atoms. The fraction of sp³-hybridized carbons (Fsp3) is 0.235. The van der Waals surface area contributed by atoms with Crippen LogP contribution in [0.1, 0.15) is 21.5 Å². The highest BCUT2D eigenvalue weighted by molar-refractivity contribution is 7.89. The molecule has 23 heavy (non-hydrogen) atoms. The van der Waals surface area contributed by atoms with Crippen LogP contribution in [0.2, 0.25) is 0 Å². The predicted molar refractivity (Wildman–Crippen MR) is 91.2 cm³/mol. The minimum absolute atomic E-state index is 0.187. The molecule has 0 radical (unpaired) electrons. The van der Waals surface area contributed by atoms with Gasteiger partial charge in [0.15, 0.2) is 0 Å². The van der Waals surface area contributed by atoms with Crippen molar-refractivity contribution in [3.8, 4) is 0 Å². The highest BCUT2D eigenvalue weighted by atomic mass is 32.2. The first kappa shape index (κ1) is 17.2. The van der Waals surface area contributed by atoms with Gasteiger partial charge < -0.3 is 5.32 Å². The largest absolute Gasteiger partial charge is 0.322 e. The zero-order chi connectivity index (χ0) is 17.2. The molecule has 1 amide bonds. The van der Waals surface area contributed by atoms with Crippen molar-refractivity contribution < 1.29 is 13.2 Å². The van der Waals surface area contributed by atoms with E-state index in [1.54, 1.807) is 12.1 Å². The first-order chi connectivity index (χ1) is 10.7. The van der Waals surface area contributed by atoms with Crippen molar-refractivity contribution in [3.63, 3.8) is 0 Å². The maximum absolute atomic E-state index is 12.3. The van der Waals surface area contributed by atoms with Crippen molar-refractivity contribution in [2.75, 3.05) is 19.4 Å². The van der Waals surface area contributed by atoms with Gasteiger partial charge in [-0.05, 0) is 49.7 Å². The van der Waals surface area contributed by atoms with Crippen molar-refractivity contribution >= 4 is 21.6 Å². The number of nitrogens with zero attached hydrogens (tertiary/aromatic N) is 1. The summed E-state index contributed by atoms with van der Waals surface area (Å²) in [5, 5.41) is 2.79. The van der Waals surface area contributed by atoms with Gasteiger partial charge in [0.25, 0.3) is 5.91 Å². The first-order valence-electron chi connectivity index (χ1n) is 7.13. The quantitative estimate of drug-likeness (QED) is 0.936. The molecule has 0 fully saturated rings. The summed E-state index contributed by atoms with van der Waals surface area (Å²) in [5.74, 6) is -0.214. The summed E-state index contributed by atoms with van der Waals surface area (Å²) in [6.07, 6.45) is 0. The number of amides is 1. The second kappa shape index (κ2) is 6.52. The molecule has 0 aliphatic carbocycles. The molecule has 2 rings (SSSR count). The van der Waals surface area contributed by atoms with Crippen molar-refractivity contribution in [1.82, 2.24) is 4.31 Å². The molecule has 0 aliphatic heterocycles. The molecule has 122 valence electrons. The van der Waals surface area contributed by atoms with Crippen LogP contribution in [0.4, 0.5) is 5.69 Å².